The van der Waals surface area contributed by atoms with Gasteiger partial charge in [0.25, 0.3) is 0 Å². The molecule has 0 aliphatic carbocycles. The minimum absolute atomic E-state index is 0.0592. The first-order chi connectivity index (χ1) is 14.4. The average molecular weight is 465 g/mol. The highest BCUT2D eigenvalue weighted by atomic mass is 32.2. The van der Waals surface area contributed by atoms with Crippen LogP contribution in [0.4, 0.5) is 0 Å². The van der Waals surface area contributed by atoms with E-state index in [0.717, 1.165) is 0 Å². The molecule has 4 atom stereocenters. The quantitative estimate of drug-likeness (QED) is 0.143. The van der Waals surface area contributed by atoms with Crippen LogP contribution in [0, 0.1) is 5.92 Å². The number of carboxylic acids is 2. The number of aliphatic hydroxyl groups is 1. The lowest BCUT2D eigenvalue weighted by molar-refractivity contribution is -0.142. The van der Waals surface area contributed by atoms with Crippen molar-refractivity contribution < 1.29 is 39.3 Å². The zero-order valence-electron chi connectivity index (χ0n) is 17.8. The highest BCUT2D eigenvalue weighted by Crippen LogP contribution is 2.07. The summed E-state index contributed by atoms with van der Waals surface area (Å²) in [6.07, 6.45) is 1.46. The number of aliphatic hydroxyl groups excluding tert-OH is 1. The third-order valence-electron chi connectivity index (χ3n) is 4.11. The van der Waals surface area contributed by atoms with Gasteiger partial charge in [-0.3, -0.25) is 19.2 Å². The van der Waals surface area contributed by atoms with Crippen molar-refractivity contribution >= 4 is 41.4 Å². The summed E-state index contributed by atoms with van der Waals surface area (Å²) < 4.78 is 0. The van der Waals surface area contributed by atoms with Crippen molar-refractivity contribution in [1.29, 1.82) is 0 Å². The van der Waals surface area contributed by atoms with Crippen molar-refractivity contribution in [2.75, 3.05) is 18.6 Å². The lowest BCUT2D eigenvalue weighted by Crippen LogP contribution is -2.58. The Balaban J connectivity index is 5.21. The molecule has 0 aliphatic rings. The van der Waals surface area contributed by atoms with Crippen molar-refractivity contribution in [3.8, 4) is 0 Å². The minimum Gasteiger partial charge on any atom is -0.481 e. The minimum atomic E-state index is -1.44. The molecule has 0 aromatic heterocycles. The largest absolute Gasteiger partial charge is 0.481 e. The summed E-state index contributed by atoms with van der Waals surface area (Å²) in [7, 11) is 0. The number of hydrogen-bond acceptors (Lipinski definition) is 8. The maximum atomic E-state index is 12.6. The zero-order valence-corrected chi connectivity index (χ0v) is 18.6. The van der Waals surface area contributed by atoms with Gasteiger partial charge in [-0.15, -0.1) is 0 Å². The van der Waals surface area contributed by atoms with E-state index in [1.54, 1.807) is 20.1 Å². The second-order valence-corrected chi connectivity index (χ2v) is 8.31. The van der Waals surface area contributed by atoms with Crippen LogP contribution < -0.4 is 21.7 Å². The molecule has 8 N–H and O–H groups in total. The van der Waals surface area contributed by atoms with Crippen LogP contribution in [0.1, 0.15) is 33.1 Å². The van der Waals surface area contributed by atoms with E-state index in [1.165, 1.54) is 11.8 Å². The van der Waals surface area contributed by atoms with E-state index in [1.807, 2.05) is 0 Å². The third kappa shape index (κ3) is 11.5. The van der Waals surface area contributed by atoms with Gasteiger partial charge in [0.05, 0.1) is 19.1 Å². The van der Waals surface area contributed by atoms with Gasteiger partial charge in [-0.2, -0.15) is 11.8 Å². The second kappa shape index (κ2) is 14.6. The number of carboxylic acid groups (broad SMARTS) is 2. The van der Waals surface area contributed by atoms with E-state index in [2.05, 4.69) is 16.0 Å². The summed E-state index contributed by atoms with van der Waals surface area (Å²) >= 11 is 1.40. The summed E-state index contributed by atoms with van der Waals surface area (Å²) in [5, 5.41) is 34.4. The fourth-order valence-corrected chi connectivity index (χ4v) is 2.97. The van der Waals surface area contributed by atoms with Gasteiger partial charge >= 0.3 is 11.9 Å². The van der Waals surface area contributed by atoms with Gasteiger partial charge in [0.2, 0.25) is 17.7 Å². The number of hydrogen-bond donors (Lipinski definition) is 7. The highest BCUT2D eigenvalue weighted by molar-refractivity contribution is 7.98. The van der Waals surface area contributed by atoms with E-state index in [9.17, 15) is 34.2 Å². The number of nitrogens with one attached hydrogen (secondary N) is 3. The van der Waals surface area contributed by atoms with Gasteiger partial charge < -0.3 is 37.0 Å². The lowest BCUT2D eigenvalue weighted by atomic mass is 10.0. The van der Waals surface area contributed by atoms with Gasteiger partial charge in [-0.25, -0.2) is 4.79 Å². The molecule has 3 amide bonds. The summed E-state index contributed by atoms with van der Waals surface area (Å²) in [4.78, 5) is 59.1. The predicted molar refractivity (Wildman–Crippen MR) is 113 cm³/mol. The molecule has 0 spiro atoms. The summed E-state index contributed by atoms with van der Waals surface area (Å²) in [6, 6.07) is -5.14. The van der Waals surface area contributed by atoms with Crippen LogP contribution in [-0.4, -0.2) is 87.8 Å². The fourth-order valence-electron chi connectivity index (χ4n) is 2.49. The molecule has 0 bridgehead atoms. The van der Waals surface area contributed by atoms with Crippen LogP contribution in [0.25, 0.3) is 0 Å². The SMILES string of the molecule is CSCCC(NC(=O)C(CO)NC(=O)C(CC(C)C)NC(=O)C(N)CC(=O)O)C(=O)O. The smallest absolute Gasteiger partial charge is 0.326 e. The number of thioether (sulfide) groups is 1. The number of amides is 3. The molecular weight excluding hydrogens is 432 g/mol. The molecule has 0 aromatic rings. The summed E-state index contributed by atoms with van der Waals surface area (Å²) in [5.74, 6) is -4.64. The van der Waals surface area contributed by atoms with Crippen LogP contribution in [0.15, 0.2) is 0 Å². The fraction of sp³-hybridized carbons (Fsp3) is 0.722. The van der Waals surface area contributed by atoms with Crippen LogP contribution in [0.2, 0.25) is 0 Å². The van der Waals surface area contributed by atoms with Crippen molar-refractivity contribution in [2.24, 2.45) is 11.7 Å². The maximum Gasteiger partial charge on any atom is 0.326 e. The van der Waals surface area contributed by atoms with Crippen molar-refractivity contribution in [3.05, 3.63) is 0 Å². The van der Waals surface area contributed by atoms with Crippen molar-refractivity contribution in [3.63, 3.8) is 0 Å². The highest BCUT2D eigenvalue weighted by Gasteiger charge is 2.30. The first kappa shape index (κ1) is 28.6. The third-order valence-corrected chi connectivity index (χ3v) is 4.76. The topological polar surface area (TPSA) is 208 Å². The summed E-state index contributed by atoms with van der Waals surface area (Å²) in [6.45, 7) is 2.76. The van der Waals surface area contributed by atoms with Crippen LogP contribution >= 0.6 is 11.8 Å². The Morgan fingerprint density at radius 3 is 1.87 bits per heavy atom. The molecule has 4 unspecified atom stereocenters. The molecule has 0 radical (unpaired) electrons. The Kier molecular flexibility index (Phi) is 13.5. The molecule has 0 heterocycles. The normalized spacial score (nSPS) is 14.8. The molecule has 13 heteroatoms. The van der Waals surface area contributed by atoms with E-state index in [4.69, 9.17) is 10.8 Å². The molecule has 31 heavy (non-hydrogen) atoms. The number of nitrogens with two attached hydrogens (primary N) is 1. The number of aliphatic carboxylic acids is 2. The molecule has 178 valence electrons. The predicted octanol–water partition coefficient (Wildman–Crippen LogP) is -1.88. The first-order valence-corrected chi connectivity index (χ1v) is 11.0. The van der Waals surface area contributed by atoms with Gasteiger partial charge in [0, 0.05) is 0 Å². The molecule has 0 saturated carbocycles. The molecule has 12 nitrogen and oxygen atoms in total. The van der Waals surface area contributed by atoms with Crippen LogP contribution in [0.5, 0.6) is 0 Å². The molecule has 0 saturated heterocycles. The van der Waals surface area contributed by atoms with Crippen LogP contribution in [0.3, 0.4) is 0 Å². The van der Waals surface area contributed by atoms with Gasteiger partial charge in [-0.05, 0) is 30.8 Å². The van der Waals surface area contributed by atoms with Gasteiger partial charge in [0.1, 0.15) is 18.1 Å². The Labute approximate surface area is 184 Å². The maximum absolute atomic E-state index is 12.6. The number of rotatable bonds is 15. The zero-order chi connectivity index (χ0) is 24.1. The Morgan fingerprint density at radius 2 is 1.42 bits per heavy atom. The Morgan fingerprint density at radius 1 is 0.903 bits per heavy atom. The van der Waals surface area contributed by atoms with Crippen molar-refractivity contribution in [2.45, 2.75) is 57.3 Å². The average Bonchev–Trinajstić information content (AvgIpc) is 2.66. The number of carbonyl (C=O) groups excluding carboxylic acids is 3. The Bertz CT molecular complexity index is 646. The summed E-state index contributed by atoms with van der Waals surface area (Å²) in [5.41, 5.74) is 5.51. The molecule has 0 aromatic carbocycles. The lowest BCUT2D eigenvalue weighted by Gasteiger charge is -2.25. The first-order valence-electron chi connectivity index (χ1n) is 9.63. The van der Waals surface area contributed by atoms with E-state index < -0.39 is 66.9 Å². The van der Waals surface area contributed by atoms with Gasteiger partial charge in [-0.1, -0.05) is 13.8 Å². The molecule has 0 fully saturated rings. The monoisotopic (exact) mass is 464 g/mol. The van der Waals surface area contributed by atoms with Gasteiger partial charge in [0.15, 0.2) is 0 Å². The molecular formula is C18H32N4O8S. The van der Waals surface area contributed by atoms with E-state index >= 15 is 0 Å². The number of carbonyl (C=O) groups is 5. The standard InChI is InChI=1S/C18H32N4O8S/c1-9(2)6-12(21-15(26)10(19)7-14(24)25)16(27)22-13(8-23)17(28)20-11(18(29)30)4-5-31-3/h9-13,23H,4-8,19H2,1-3H3,(H,20,28)(H,21,26)(H,22,27)(H,24,25)(H,29,30). The Hall–Kier alpha value is -2.38. The van der Waals surface area contributed by atoms with E-state index in [0.29, 0.717) is 5.75 Å². The van der Waals surface area contributed by atoms with E-state index in [-0.39, 0.29) is 18.8 Å². The molecule has 0 aliphatic heterocycles. The van der Waals surface area contributed by atoms with Crippen LogP contribution in [-0.2, 0) is 24.0 Å². The molecule has 0 rings (SSSR count). The second-order valence-electron chi connectivity index (χ2n) is 7.32. The van der Waals surface area contributed by atoms with Crippen molar-refractivity contribution in [1.82, 2.24) is 16.0 Å².